The number of hydrogen-bond acceptors (Lipinski definition) is 6. The van der Waals surface area contributed by atoms with Gasteiger partial charge in [-0.1, -0.05) is 0 Å². The van der Waals surface area contributed by atoms with Gasteiger partial charge in [0.05, 0.1) is 25.9 Å². The van der Waals surface area contributed by atoms with E-state index < -0.39 is 10.0 Å². The van der Waals surface area contributed by atoms with Gasteiger partial charge in [0.1, 0.15) is 4.90 Å². The first-order valence-corrected chi connectivity index (χ1v) is 11.3. The van der Waals surface area contributed by atoms with Gasteiger partial charge in [-0.2, -0.15) is 9.57 Å². The molecule has 9 heteroatoms. The van der Waals surface area contributed by atoms with Gasteiger partial charge in [0.2, 0.25) is 10.0 Å². The van der Waals surface area contributed by atoms with Gasteiger partial charge in [0.15, 0.2) is 11.5 Å². The lowest BCUT2D eigenvalue weighted by Gasteiger charge is -2.24. The smallest absolute Gasteiger partial charge is 0.244 e. The summed E-state index contributed by atoms with van der Waals surface area (Å²) in [5.41, 5.74) is 1.58. The quantitative estimate of drug-likeness (QED) is 0.654. The van der Waals surface area contributed by atoms with E-state index in [0.717, 1.165) is 12.2 Å². The Labute approximate surface area is 179 Å². The van der Waals surface area contributed by atoms with Crippen LogP contribution in [0.5, 0.6) is 11.5 Å². The van der Waals surface area contributed by atoms with E-state index in [1.54, 1.807) is 18.2 Å². The first kappa shape index (κ1) is 21.4. The molecule has 0 spiro atoms. The fraction of sp³-hybridized carbons (Fsp3) is 0.350. The Balaban J connectivity index is 1.83. The summed E-state index contributed by atoms with van der Waals surface area (Å²) >= 11 is 3.36. The van der Waals surface area contributed by atoms with Crippen LogP contribution in [-0.4, -0.2) is 53.1 Å². The largest absolute Gasteiger partial charge is 0.493 e. The molecule has 1 fully saturated rings. The molecule has 7 nitrogen and oxygen atoms in total. The molecule has 1 aliphatic rings. The van der Waals surface area contributed by atoms with Gasteiger partial charge in [-0.3, -0.25) is 0 Å². The van der Waals surface area contributed by atoms with E-state index in [1.807, 2.05) is 12.1 Å². The normalized spacial score (nSPS) is 15.4. The van der Waals surface area contributed by atoms with Gasteiger partial charge in [0, 0.05) is 42.4 Å². The van der Waals surface area contributed by atoms with E-state index in [4.69, 9.17) is 14.7 Å². The van der Waals surface area contributed by atoms with Crippen LogP contribution in [0, 0.1) is 11.3 Å². The molecular formula is C20H22BrN3O4S. The maximum atomic E-state index is 13.3. The molecule has 0 aromatic heterocycles. The number of nitrogens with zero attached hydrogens (tertiary/aromatic N) is 3. The number of methoxy groups -OCH3 is 2. The second kappa shape index (κ2) is 9.03. The average Bonchev–Trinajstić information content (AvgIpc) is 3.00. The van der Waals surface area contributed by atoms with Crippen molar-refractivity contribution in [1.82, 2.24) is 4.31 Å². The third kappa shape index (κ3) is 4.50. The maximum absolute atomic E-state index is 13.3. The Hall–Kier alpha value is -2.28. The van der Waals surface area contributed by atoms with Crippen molar-refractivity contribution in [3.05, 3.63) is 46.4 Å². The minimum Gasteiger partial charge on any atom is -0.493 e. The van der Waals surface area contributed by atoms with Crippen molar-refractivity contribution in [2.75, 3.05) is 45.3 Å². The molecule has 154 valence electrons. The Morgan fingerprint density at radius 3 is 2.28 bits per heavy atom. The third-order valence-electron chi connectivity index (χ3n) is 4.87. The van der Waals surface area contributed by atoms with Gasteiger partial charge < -0.3 is 14.4 Å². The Morgan fingerprint density at radius 1 is 1.00 bits per heavy atom. The number of sulfonamides is 1. The van der Waals surface area contributed by atoms with E-state index in [-0.39, 0.29) is 4.90 Å². The Morgan fingerprint density at radius 2 is 1.66 bits per heavy atom. The standard InChI is InChI=1S/C20H22BrN3O4S/c1-27-18-12-17(21)20(13-19(18)28-2)29(25,26)24-9-3-8-23(10-11-24)16-6-4-15(14-22)5-7-16/h4-7,12-13H,3,8-11H2,1-2H3. The number of ether oxygens (including phenoxy) is 2. The lowest BCUT2D eigenvalue weighted by atomic mass is 10.2. The number of halogens is 1. The molecule has 0 radical (unpaired) electrons. The lowest BCUT2D eigenvalue weighted by Crippen LogP contribution is -2.35. The van der Waals surface area contributed by atoms with Gasteiger partial charge in [-0.05, 0) is 52.7 Å². The van der Waals surface area contributed by atoms with Crippen molar-refractivity contribution < 1.29 is 17.9 Å². The minimum atomic E-state index is -3.71. The molecule has 0 N–H and O–H groups in total. The first-order valence-electron chi connectivity index (χ1n) is 9.07. The van der Waals surface area contributed by atoms with E-state index in [0.29, 0.717) is 47.6 Å². The number of hydrogen-bond donors (Lipinski definition) is 0. The maximum Gasteiger partial charge on any atom is 0.244 e. The molecule has 0 unspecified atom stereocenters. The van der Waals surface area contributed by atoms with Crippen LogP contribution in [0.25, 0.3) is 0 Å². The summed E-state index contributed by atoms with van der Waals surface area (Å²) in [4.78, 5) is 2.29. The van der Waals surface area contributed by atoms with Crippen LogP contribution in [0.1, 0.15) is 12.0 Å². The van der Waals surface area contributed by atoms with Gasteiger partial charge in [0.25, 0.3) is 0 Å². The minimum absolute atomic E-state index is 0.155. The number of nitriles is 1. The van der Waals surface area contributed by atoms with E-state index in [9.17, 15) is 8.42 Å². The second-order valence-electron chi connectivity index (χ2n) is 6.54. The second-order valence-corrected chi connectivity index (χ2v) is 9.30. The zero-order valence-electron chi connectivity index (χ0n) is 16.3. The zero-order chi connectivity index (χ0) is 21.0. The fourth-order valence-electron chi connectivity index (χ4n) is 3.31. The lowest BCUT2D eigenvalue weighted by molar-refractivity contribution is 0.353. The van der Waals surface area contributed by atoms with Crippen LogP contribution in [0.3, 0.4) is 0 Å². The molecule has 0 bridgehead atoms. The van der Waals surface area contributed by atoms with Crippen LogP contribution in [0.15, 0.2) is 45.8 Å². The van der Waals surface area contributed by atoms with Crippen molar-refractivity contribution in [2.45, 2.75) is 11.3 Å². The molecule has 3 rings (SSSR count). The molecule has 2 aromatic rings. The van der Waals surface area contributed by atoms with Crippen LogP contribution < -0.4 is 14.4 Å². The number of benzene rings is 2. The highest BCUT2D eigenvalue weighted by Gasteiger charge is 2.30. The van der Waals surface area contributed by atoms with Gasteiger partial charge in [-0.25, -0.2) is 8.42 Å². The van der Waals surface area contributed by atoms with Crippen LogP contribution >= 0.6 is 15.9 Å². The summed E-state index contributed by atoms with van der Waals surface area (Å²) < 4.78 is 39.0. The summed E-state index contributed by atoms with van der Waals surface area (Å²) in [6.07, 6.45) is 0.699. The fourth-order valence-corrected chi connectivity index (χ4v) is 5.78. The summed E-state index contributed by atoms with van der Waals surface area (Å²) in [6.45, 7) is 2.10. The molecule has 1 saturated heterocycles. The van der Waals surface area contributed by atoms with Gasteiger partial charge >= 0.3 is 0 Å². The van der Waals surface area contributed by atoms with Crippen molar-refractivity contribution >= 4 is 31.6 Å². The summed E-state index contributed by atoms with van der Waals surface area (Å²) in [5, 5.41) is 8.95. The van der Waals surface area contributed by atoms with Crippen molar-refractivity contribution in [2.24, 2.45) is 0 Å². The molecule has 0 amide bonds. The van der Waals surface area contributed by atoms with E-state index in [1.165, 1.54) is 24.6 Å². The number of anilines is 1. The molecule has 1 heterocycles. The highest BCUT2D eigenvalue weighted by molar-refractivity contribution is 9.10. The monoisotopic (exact) mass is 479 g/mol. The Kier molecular flexibility index (Phi) is 6.67. The predicted octanol–water partition coefficient (Wildman–Crippen LogP) is 3.24. The highest BCUT2D eigenvalue weighted by atomic mass is 79.9. The molecule has 1 aliphatic heterocycles. The van der Waals surface area contributed by atoms with E-state index in [2.05, 4.69) is 26.9 Å². The first-order chi connectivity index (χ1) is 13.9. The zero-order valence-corrected chi connectivity index (χ0v) is 18.7. The van der Waals surface area contributed by atoms with Crippen molar-refractivity contribution in [1.29, 1.82) is 5.26 Å². The SMILES string of the molecule is COc1cc(Br)c(S(=O)(=O)N2CCCN(c3ccc(C#N)cc3)CC2)cc1OC. The summed E-state index contributed by atoms with van der Waals surface area (Å²) in [7, 11) is -0.728. The van der Waals surface area contributed by atoms with Crippen LogP contribution in [-0.2, 0) is 10.0 Å². The molecule has 0 saturated carbocycles. The molecular weight excluding hydrogens is 458 g/mol. The van der Waals surface area contributed by atoms with Crippen LogP contribution in [0.4, 0.5) is 5.69 Å². The molecule has 29 heavy (non-hydrogen) atoms. The highest BCUT2D eigenvalue weighted by Crippen LogP contribution is 2.37. The third-order valence-corrected chi connectivity index (χ3v) is 7.73. The van der Waals surface area contributed by atoms with Crippen molar-refractivity contribution in [3.63, 3.8) is 0 Å². The average molecular weight is 480 g/mol. The van der Waals surface area contributed by atoms with Crippen molar-refractivity contribution in [3.8, 4) is 17.6 Å². The predicted molar refractivity (Wildman–Crippen MR) is 114 cm³/mol. The summed E-state index contributed by atoms with van der Waals surface area (Å²) in [5.74, 6) is 0.824. The van der Waals surface area contributed by atoms with Crippen LogP contribution in [0.2, 0.25) is 0 Å². The summed E-state index contributed by atoms with van der Waals surface area (Å²) in [6, 6.07) is 12.5. The molecule has 0 aliphatic carbocycles. The molecule has 2 aromatic carbocycles. The van der Waals surface area contributed by atoms with Gasteiger partial charge in [-0.15, -0.1) is 0 Å². The Bertz CT molecular complexity index is 1020. The van der Waals surface area contributed by atoms with E-state index >= 15 is 0 Å². The molecule has 0 atom stereocenters. The number of rotatable bonds is 5. The topological polar surface area (TPSA) is 82.9 Å².